The first kappa shape index (κ1) is 21.7. The van der Waals surface area contributed by atoms with Gasteiger partial charge in [0.25, 0.3) is 11.8 Å². The standard InChI is InChI=1S/C21H26N4O4/c1-14-9-10-18(15(2)11-14)22-12-19(26)24-25-20(27)16(3)23-21(28)29-13-17-7-5-4-6-8-17/h4-11,16,22H,12-13H2,1-3H3,(H,23,28)(H,24,26)(H,25,27). The van der Waals surface area contributed by atoms with Crippen molar-refractivity contribution in [1.29, 1.82) is 0 Å². The third-order valence-electron chi connectivity index (χ3n) is 4.09. The molecule has 4 N–H and O–H groups in total. The minimum Gasteiger partial charge on any atom is -0.445 e. The fourth-order valence-electron chi connectivity index (χ4n) is 2.48. The zero-order valence-corrected chi connectivity index (χ0v) is 16.7. The van der Waals surface area contributed by atoms with Crippen LogP contribution in [0.3, 0.4) is 0 Å². The first-order valence-electron chi connectivity index (χ1n) is 9.22. The number of amides is 3. The molecule has 0 aliphatic heterocycles. The van der Waals surface area contributed by atoms with Crippen LogP contribution >= 0.6 is 0 Å². The predicted octanol–water partition coefficient (Wildman–Crippen LogP) is 2.18. The van der Waals surface area contributed by atoms with Gasteiger partial charge in [0.2, 0.25) is 0 Å². The number of aryl methyl sites for hydroxylation is 2. The molecule has 0 heterocycles. The Morgan fingerprint density at radius 2 is 1.72 bits per heavy atom. The summed E-state index contributed by atoms with van der Waals surface area (Å²) >= 11 is 0. The van der Waals surface area contributed by atoms with Crippen molar-refractivity contribution in [1.82, 2.24) is 16.2 Å². The van der Waals surface area contributed by atoms with Crippen molar-refractivity contribution < 1.29 is 19.1 Å². The van der Waals surface area contributed by atoms with Gasteiger partial charge in [-0.05, 0) is 38.0 Å². The molecule has 2 aromatic carbocycles. The third kappa shape index (κ3) is 7.53. The Morgan fingerprint density at radius 1 is 1.00 bits per heavy atom. The Labute approximate surface area is 170 Å². The van der Waals surface area contributed by atoms with E-state index < -0.39 is 23.9 Å². The monoisotopic (exact) mass is 398 g/mol. The summed E-state index contributed by atoms with van der Waals surface area (Å²) in [4.78, 5) is 35.7. The number of hydrazine groups is 1. The summed E-state index contributed by atoms with van der Waals surface area (Å²) in [6.45, 7) is 5.51. The quantitative estimate of drug-likeness (QED) is 0.535. The first-order valence-corrected chi connectivity index (χ1v) is 9.22. The summed E-state index contributed by atoms with van der Waals surface area (Å²) in [6, 6.07) is 14.1. The fraction of sp³-hybridized carbons (Fsp3) is 0.286. The molecule has 0 saturated heterocycles. The van der Waals surface area contributed by atoms with Crippen LogP contribution in [0.4, 0.5) is 10.5 Å². The lowest BCUT2D eigenvalue weighted by atomic mass is 10.1. The molecule has 2 rings (SSSR count). The number of anilines is 1. The highest BCUT2D eigenvalue weighted by atomic mass is 16.5. The number of nitrogens with one attached hydrogen (secondary N) is 4. The molecule has 0 aromatic heterocycles. The molecule has 8 heteroatoms. The zero-order valence-electron chi connectivity index (χ0n) is 16.7. The minimum atomic E-state index is -0.883. The van der Waals surface area contributed by atoms with Crippen LogP contribution in [-0.4, -0.2) is 30.5 Å². The Bertz CT molecular complexity index is 855. The lowest BCUT2D eigenvalue weighted by Gasteiger charge is -2.15. The van der Waals surface area contributed by atoms with Gasteiger partial charge in [-0.3, -0.25) is 20.4 Å². The highest BCUT2D eigenvalue weighted by molar-refractivity contribution is 5.88. The van der Waals surface area contributed by atoms with E-state index in [9.17, 15) is 14.4 Å². The smallest absolute Gasteiger partial charge is 0.408 e. The summed E-state index contributed by atoms with van der Waals surface area (Å²) in [5.41, 5.74) is 8.41. The zero-order chi connectivity index (χ0) is 21.2. The number of alkyl carbamates (subject to hydrolysis) is 1. The van der Waals surface area contributed by atoms with Gasteiger partial charge in [-0.15, -0.1) is 0 Å². The molecule has 0 spiro atoms. The lowest BCUT2D eigenvalue weighted by Crippen LogP contribution is -2.52. The molecule has 0 bridgehead atoms. The van der Waals surface area contributed by atoms with Crippen LogP contribution in [0.5, 0.6) is 0 Å². The summed E-state index contributed by atoms with van der Waals surface area (Å²) < 4.78 is 5.05. The van der Waals surface area contributed by atoms with Gasteiger partial charge in [-0.25, -0.2) is 4.79 Å². The second-order valence-corrected chi connectivity index (χ2v) is 6.64. The van der Waals surface area contributed by atoms with Crippen molar-refractivity contribution in [2.24, 2.45) is 0 Å². The van der Waals surface area contributed by atoms with Gasteiger partial charge >= 0.3 is 6.09 Å². The highest BCUT2D eigenvalue weighted by Gasteiger charge is 2.17. The van der Waals surface area contributed by atoms with E-state index in [1.807, 2.05) is 62.4 Å². The molecule has 0 aliphatic rings. The van der Waals surface area contributed by atoms with Crippen LogP contribution in [0.2, 0.25) is 0 Å². The summed E-state index contributed by atoms with van der Waals surface area (Å²) in [5, 5.41) is 5.41. The average molecular weight is 398 g/mol. The number of carbonyl (C=O) groups is 3. The van der Waals surface area contributed by atoms with Crippen LogP contribution in [0.15, 0.2) is 48.5 Å². The van der Waals surface area contributed by atoms with Crippen molar-refractivity contribution >= 4 is 23.6 Å². The molecule has 0 radical (unpaired) electrons. The number of benzene rings is 2. The molecule has 1 atom stereocenters. The second-order valence-electron chi connectivity index (χ2n) is 6.64. The Kier molecular flexibility index (Phi) is 8.02. The topological polar surface area (TPSA) is 109 Å². The van der Waals surface area contributed by atoms with Crippen molar-refractivity contribution in [3.63, 3.8) is 0 Å². The van der Waals surface area contributed by atoms with E-state index in [2.05, 4.69) is 21.5 Å². The molecular weight excluding hydrogens is 372 g/mol. The molecule has 29 heavy (non-hydrogen) atoms. The normalized spacial score (nSPS) is 11.1. The SMILES string of the molecule is Cc1ccc(NCC(=O)NNC(=O)C(C)NC(=O)OCc2ccccc2)c(C)c1. The molecule has 3 amide bonds. The van der Waals surface area contributed by atoms with Gasteiger partial charge in [-0.1, -0.05) is 48.0 Å². The van der Waals surface area contributed by atoms with Crippen LogP contribution in [0.25, 0.3) is 0 Å². The number of carbonyl (C=O) groups excluding carboxylic acids is 3. The van der Waals surface area contributed by atoms with Crippen LogP contribution in [-0.2, 0) is 20.9 Å². The first-order chi connectivity index (χ1) is 13.8. The molecule has 1 unspecified atom stereocenters. The molecule has 154 valence electrons. The van der Waals surface area contributed by atoms with Gasteiger partial charge < -0.3 is 15.4 Å². The van der Waals surface area contributed by atoms with Crippen LogP contribution in [0.1, 0.15) is 23.6 Å². The molecule has 0 aliphatic carbocycles. The largest absolute Gasteiger partial charge is 0.445 e. The molecule has 0 fully saturated rings. The van der Waals surface area contributed by atoms with Crippen molar-refractivity contribution in [3.8, 4) is 0 Å². The van der Waals surface area contributed by atoms with E-state index in [4.69, 9.17) is 4.74 Å². The van der Waals surface area contributed by atoms with E-state index in [0.717, 1.165) is 22.4 Å². The van der Waals surface area contributed by atoms with E-state index in [0.29, 0.717) is 0 Å². The van der Waals surface area contributed by atoms with Gasteiger partial charge in [0, 0.05) is 5.69 Å². The maximum absolute atomic E-state index is 12.0. The number of hydrogen-bond donors (Lipinski definition) is 4. The van der Waals surface area contributed by atoms with Gasteiger partial charge in [0.1, 0.15) is 12.6 Å². The summed E-state index contributed by atoms with van der Waals surface area (Å²) in [7, 11) is 0. The molecular formula is C21H26N4O4. The number of ether oxygens (including phenoxy) is 1. The van der Waals surface area contributed by atoms with E-state index in [1.54, 1.807) is 0 Å². The van der Waals surface area contributed by atoms with Gasteiger partial charge in [-0.2, -0.15) is 0 Å². The second kappa shape index (κ2) is 10.7. The van der Waals surface area contributed by atoms with Gasteiger partial charge in [0.05, 0.1) is 6.54 Å². The highest BCUT2D eigenvalue weighted by Crippen LogP contribution is 2.15. The predicted molar refractivity (Wildman–Crippen MR) is 110 cm³/mol. The van der Waals surface area contributed by atoms with Crippen molar-refractivity contribution in [2.75, 3.05) is 11.9 Å². The Balaban J connectivity index is 1.67. The van der Waals surface area contributed by atoms with Gasteiger partial charge in [0.15, 0.2) is 0 Å². The molecule has 8 nitrogen and oxygen atoms in total. The number of hydrogen-bond acceptors (Lipinski definition) is 5. The fourth-order valence-corrected chi connectivity index (χ4v) is 2.48. The average Bonchev–Trinajstić information content (AvgIpc) is 2.70. The van der Waals surface area contributed by atoms with Crippen LogP contribution < -0.4 is 21.5 Å². The van der Waals surface area contributed by atoms with E-state index >= 15 is 0 Å². The summed E-state index contributed by atoms with van der Waals surface area (Å²) in [6.07, 6.45) is -0.723. The third-order valence-corrected chi connectivity index (χ3v) is 4.09. The number of rotatable bonds is 7. The molecule has 2 aromatic rings. The van der Waals surface area contributed by atoms with E-state index in [1.165, 1.54) is 6.92 Å². The van der Waals surface area contributed by atoms with Crippen LogP contribution in [0, 0.1) is 13.8 Å². The lowest BCUT2D eigenvalue weighted by molar-refractivity contribution is -0.128. The Hall–Kier alpha value is -3.55. The minimum absolute atomic E-state index is 0.00882. The maximum atomic E-state index is 12.0. The molecule has 0 saturated carbocycles. The van der Waals surface area contributed by atoms with E-state index in [-0.39, 0.29) is 13.2 Å². The van der Waals surface area contributed by atoms with Crippen molar-refractivity contribution in [3.05, 3.63) is 65.2 Å². The van der Waals surface area contributed by atoms with Crippen molar-refractivity contribution in [2.45, 2.75) is 33.4 Å². The summed E-state index contributed by atoms with van der Waals surface area (Å²) in [5.74, 6) is -0.987. The maximum Gasteiger partial charge on any atom is 0.408 e. The Morgan fingerprint density at radius 3 is 2.41 bits per heavy atom.